The molecule has 0 radical (unpaired) electrons. The predicted molar refractivity (Wildman–Crippen MR) is 67.5 cm³/mol. The minimum absolute atomic E-state index is 0.384. The maximum absolute atomic E-state index is 6.01. The second-order valence-corrected chi connectivity index (χ2v) is 5.96. The average Bonchev–Trinajstić information content (AvgIpc) is 2.53. The highest BCUT2D eigenvalue weighted by Gasteiger charge is 2.30. The van der Waals surface area contributed by atoms with Gasteiger partial charge in [-0.2, -0.15) is 0 Å². The van der Waals surface area contributed by atoms with Crippen LogP contribution in [0, 0.1) is 5.92 Å². The molecule has 2 rings (SSSR count). The molecule has 0 spiro atoms. The van der Waals surface area contributed by atoms with E-state index in [0.29, 0.717) is 17.2 Å². The van der Waals surface area contributed by atoms with Gasteiger partial charge in [0.2, 0.25) is 0 Å². The van der Waals surface area contributed by atoms with Crippen LogP contribution in [0.4, 0.5) is 0 Å². The van der Waals surface area contributed by atoms with Gasteiger partial charge in [-0.1, -0.05) is 18.5 Å². The van der Waals surface area contributed by atoms with Gasteiger partial charge in [-0.15, -0.1) is 11.8 Å². The average molecular weight is 242 g/mol. The zero-order valence-electron chi connectivity index (χ0n) is 8.82. The lowest BCUT2D eigenvalue weighted by Gasteiger charge is -2.17. The molecule has 1 fully saturated rings. The van der Waals surface area contributed by atoms with E-state index in [9.17, 15) is 0 Å². The molecule has 1 saturated carbocycles. The standard InChI is InChI=1S/C12H16ClNS/c1-8-11(14)6-7-12(8)15-10-4-2-9(13)3-5-10/h2-5,8,11-12H,6-7,14H2,1H3. The molecule has 3 unspecified atom stereocenters. The van der Waals surface area contributed by atoms with Crippen LogP contribution < -0.4 is 5.73 Å². The van der Waals surface area contributed by atoms with E-state index < -0.39 is 0 Å². The largest absolute Gasteiger partial charge is 0.327 e. The fourth-order valence-electron chi connectivity index (χ4n) is 2.01. The molecule has 1 aliphatic carbocycles. The molecule has 0 aromatic heterocycles. The Hall–Kier alpha value is -0.180. The van der Waals surface area contributed by atoms with Gasteiger partial charge in [0.05, 0.1) is 0 Å². The Morgan fingerprint density at radius 3 is 2.47 bits per heavy atom. The number of benzene rings is 1. The third-order valence-corrected chi connectivity index (χ3v) is 4.91. The van der Waals surface area contributed by atoms with Gasteiger partial charge in [0.25, 0.3) is 0 Å². The molecular formula is C12H16ClNS. The van der Waals surface area contributed by atoms with Crippen LogP contribution in [-0.2, 0) is 0 Å². The molecule has 1 aromatic rings. The molecule has 0 aliphatic heterocycles. The lowest BCUT2D eigenvalue weighted by molar-refractivity contribution is 0.535. The van der Waals surface area contributed by atoms with Crippen molar-refractivity contribution in [2.75, 3.05) is 0 Å². The van der Waals surface area contributed by atoms with Crippen molar-refractivity contribution in [2.24, 2.45) is 11.7 Å². The minimum Gasteiger partial charge on any atom is -0.327 e. The Kier molecular flexibility index (Phi) is 3.60. The number of thioether (sulfide) groups is 1. The normalized spacial score (nSPS) is 30.7. The van der Waals surface area contributed by atoms with E-state index in [1.54, 1.807) is 0 Å². The lowest BCUT2D eigenvalue weighted by Crippen LogP contribution is -2.25. The van der Waals surface area contributed by atoms with E-state index in [0.717, 1.165) is 11.4 Å². The fraction of sp³-hybridized carbons (Fsp3) is 0.500. The molecule has 15 heavy (non-hydrogen) atoms. The van der Waals surface area contributed by atoms with Crippen LogP contribution in [0.25, 0.3) is 0 Å². The predicted octanol–water partition coefficient (Wildman–Crippen LogP) is 3.56. The van der Waals surface area contributed by atoms with Crippen molar-refractivity contribution < 1.29 is 0 Å². The number of halogens is 1. The van der Waals surface area contributed by atoms with E-state index in [-0.39, 0.29) is 0 Å². The molecule has 82 valence electrons. The molecule has 1 nitrogen and oxygen atoms in total. The Labute approximate surface area is 100 Å². The maximum Gasteiger partial charge on any atom is 0.0406 e. The van der Waals surface area contributed by atoms with Crippen molar-refractivity contribution in [3.8, 4) is 0 Å². The van der Waals surface area contributed by atoms with Gasteiger partial charge in [-0.25, -0.2) is 0 Å². The van der Waals surface area contributed by atoms with Crippen LogP contribution in [0.1, 0.15) is 19.8 Å². The monoisotopic (exact) mass is 241 g/mol. The second-order valence-electron chi connectivity index (χ2n) is 4.21. The van der Waals surface area contributed by atoms with Gasteiger partial charge in [0.15, 0.2) is 0 Å². The number of nitrogens with two attached hydrogens (primary N) is 1. The number of hydrogen-bond donors (Lipinski definition) is 1. The zero-order valence-corrected chi connectivity index (χ0v) is 10.4. The molecule has 2 N–H and O–H groups in total. The minimum atomic E-state index is 0.384. The van der Waals surface area contributed by atoms with Gasteiger partial charge in [0, 0.05) is 21.2 Å². The molecule has 0 saturated heterocycles. The van der Waals surface area contributed by atoms with Crippen molar-refractivity contribution in [3.05, 3.63) is 29.3 Å². The van der Waals surface area contributed by atoms with Crippen LogP contribution in [0.15, 0.2) is 29.2 Å². The molecule has 3 heteroatoms. The van der Waals surface area contributed by atoms with Gasteiger partial charge in [-0.3, -0.25) is 0 Å². The van der Waals surface area contributed by atoms with Crippen LogP contribution in [-0.4, -0.2) is 11.3 Å². The quantitative estimate of drug-likeness (QED) is 0.857. The van der Waals surface area contributed by atoms with E-state index >= 15 is 0 Å². The Bertz CT molecular complexity index is 325. The summed E-state index contributed by atoms with van der Waals surface area (Å²) in [6, 6.07) is 8.45. The van der Waals surface area contributed by atoms with Crippen molar-refractivity contribution in [3.63, 3.8) is 0 Å². The van der Waals surface area contributed by atoms with E-state index in [1.807, 2.05) is 23.9 Å². The van der Waals surface area contributed by atoms with Crippen LogP contribution >= 0.6 is 23.4 Å². The summed E-state index contributed by atoms with van der Waals surface area (Å²) in [5, 5.41) is 1.47. The third kappa shape index (κ3) is 2.68. The summed E-state index contributed by atoms with van der Waals surface area (Å²) >= 11 is 7.78. The highest BCUT2D eigenvalue weighted by Crippen LogP contribution is 2.38. The Morgan fingerprint density at radius 1 is 1.27 bits per heavy atom. The summed E-state index contributed by atoms with van der Waals surface area (Å²) in [5.74, 6) is 0.616. The third-order valence-electron chi connectivity index (χ3n) is 3.15. The highest BCUT2D eigenvalue weighted by atomic mass is 35.5. The van der Waals surface area contributed by atoms with Crippen molar-refractivity contribution >= 4 is 23.4 Å². The van der Waals surface area contributed by atoms with E-state index in [4.69, 9.17) is 17.3 Å². The highest BCUT2D eigenvalue weighted by molar-refractivity contribution is 8.00. The summed E-state index contributed by atoms with van der Waals surface area (Å²) in [6.07, 6.45) is 2.39. The summed E-state index contributed by atoms with van der Waals surface area (Å²) in [5.41, 5.74) is 6.01. The number of rotatable bonds is 2. The summed E-state index contributed by atoms with van der Waals surface area (Å²) in [6.45, 7) is 2.26. The van der Waals surface area contributed by atoms with Crippen molar-refractivity contribution in [2.45, 2.75) is 36.0 Å². The fourth-order valence-corrected chi connectivity index (χ4v) is 3.45. The first kappa shape index (κ1) is 11.3. The first-order chi connectivity index (χ1) is 7.16. The molecule has 0 heterocycles. The summed E-state index contributed by atoms with van der Waals surface area (Å²) in [4.78, 5) is 1.30. The topological polar surface area (TPSA) is 26.0 Å². The van der Waals surface area contributed by atoms with Crippen molar-refractivity contribution in [1.82, 2.24) is 0 Å². The van der Waals surface area contributed by atoms with Gasteiger partial charge >= 0.3 is 0 Å². The van der Waals surface area contributed by atoms with Crippen LogP contribution in [0.5, 0.6) is 0 Å². The van der Waals surface area contributed by atoms with Gasteiger partial charge in [0.1, 0.15) is 0 Å². The Balaban J connectivity index is 2.00. The SMILES string of the molecule is CC1C(N)CCC1Sc1ccc(Cl)cc1. The van der Waals surface area contributed by atoms with Gasteiger partial charge < -0.3 is 5.73 Å². The van der Waals surface area contributed by atoms with Crippen molar-refractivity contribution in [1.29, 1.82) is 0 Å². The first-order valence-electron chi connectivity index (χ1n) is 5.34. The van der Waals surface area contributed by atoms with Gasteiger partial charge in [-0.05, 0) is 43.0 Å². The summed E-state index contributed by atoms with van der Waals surface area (Å²) in [7, 11) is 0. The second kappa shape index (κ2) is 4.77. The molecule has 1 aliphatic rings. The zero-order chi connectivity index (χ0) is 10.8. The number of hydrogen-bond acceptors (Lipinski definition) is 2. The Morgan fingerprint density at radius 2 is 1.93 bits per heavy atom. The van der Waals surface area contributed by atoms with E-state index in [1.165, 1.54) is 11.3 Å². The van der Waals surface area contributed by atoms with Crippen LogP contribution in [0.2, 0.25) is 5.02 Å². The smallest absolute Gasteiger partial charge is 0.0406 e. The molecule has 0 amide bonds. The molecule has 0 bridgehead atoms. The molecular weight excluding hydrogens is 226 g/mol. The van der Waals surface area contributed by atoms with E-state index in [2.05, 4.69) is 19.1 Å². The maximum atomic E-state index is 6.01. The molecule has 1 aromatic carbocycles. The first-order valence-corrected chi connectivity index (χ1v) is 6.60. The van der Waals surface area contributed by atoms with Crippen LogP contribution in [0.3, 0.4) is 0 Å². The summed E-state index contributed by atoms with van der Waals surface area (Å²) < 4.78 is 0. The lowest BCUT2D eigenvalue weighted by atomic mass is 10.1. The molecule has 3 atom stereocenters.